The van der Waals surface area contributed by atoms with E-state index < -0.39 is 0 Å². The summed E-state index contributed by atoms with van der Waals surface area (Å²) >= 11 is 0. The highest BCUT2D eigenvalue weighted by Crippen LogP contribution is 2.10. The van der Waals surface area contributed by atoms with Gasteiger partial charge in [-0.15, -0.1) is 0 Å². The number of nitrogens with zero attached hydrogens (tertiary/aromatic N) is 5. The number of benzene rings is 1. The molecule has 2 N–H and O–H groups in total. The van der Waals surface area contributed by atoms with Crippen LogP contribution in [0.15, 0.2) is 41.7 Å². The van der Waals surface area contributed by atoms with Gasteiger partial charge in [-0.05, 0) is 44.0 Å². The van der Waals surface area contributed by atoms with Crippen LogP contribution < -0.4 is 15.5 Å². The highest BCUT2D eigenvalue weighted by atomic mass is 15.3. The van der Waals surface area contributed by atoms with Crippen molar-refractivity contribution < 1.29 is 0 Å². The molecular formula is C22H33N7. The van der Waals surface area contributed by atoms with E-state index in [1.807, 2.05) is 13.1 Å². The quantitative estimate of drug-likeness (QED) is 0.424. The highest BCUT2D eigenvalue weighted by molar-refractivity contribution is 5.79. The number of aromatic nitrogens is 2. The van der Waals surface area contributed by atoms with E-state index in [-0.39, 0.29) is 0 Å². The molecule has 0 spiro atoms. The summed E-state index contributed by atoms with van der Waals surface area (Å²) in [7, 11) is 1.82. The number of anilines is 1. The molecule has 0 saturated carbocycles. The molecule has 2 aromatic rings. The van der Waals surface area contributed by atoms with Crippen LogP contribution in [-0.4, -0.2) is 67.1 Å². The largest absolute Gasteiger partial charge is 0.356 e. The van der Waals surface area contributed by atoms with Crippen LogP contribution in [0.1, 0.15) is 23.1 Å². The fourth-order valence-corrected chi connectivity index (χ4v) is 3.58. The molecule has 0 unspecified atom stereocenters. The Labute approximate surface area is 174 Å². The lowest BCUT2D eigenvalue weighted by Crippen LogP contribution is -2.47. The number of aryl methyl sites for hydroxylation is 2. The lowest BCUT2D eigenvalue weighted by Gasteiger charge is -2.34. The maximum atomic E-state index is 4.35. The first-order valence-corrected chi connectivity index (χ1v) is 10.4. The van der Waals surface area contributed by atoms with Crippen molar-refractivity contribution in [3.8, 4) is 0 Å². The second-order valence-electron chi connectivity index (χ2n) is 7.51. The topological polar surface area (TPSA) is 68.7 Å². The Balaban J connectivity index is 1.32. The summed E-state index contributed by atoms with van der Waals surface area (Å²) in [6.45, 7) is 11.1. The number of hydrogen-bond acceptors (Lipinski definition) is 5. The molecule has 7 nitrogen and oxygen atoms in total. The molecular weight excluding hydrogens is 362 g/mol. The van der Waals surface area contributed by atoms with Crippen molar-refractivity contribution in [2.75, 3.05) is 51.2 Å². The lowest BCUT2D eigenvalue weighted by atomic mass is 10.1. The van der Waals surface area contributed by atoms with Crippen molar-refractivity contribution in [2.45, 2.75) is 26.8 Å². The van der Waals surface area contributed by atoms with E-state index in [2.05, 4.69) is 67.4 Å². The third-order valence-electron chi connectivity index (χ3n) is 5.32. The van der Waals surface area contributed by atoms with Crippen molar-refractivity contribution in [1.29, 1.82) is 0 Å². The molecule has 2 heterocycles. The zero-order chi connectivity index (χ0) is 20.5. The van der Waals surface area contributed by atoms with E-state index >= 15 is 0 Å². The summed E-state index contributed by atoms with van der Waals surface area (Å²) in [6, 6.07) is 8.42. The van der Waals surface area contributed by atoms with Crippen molar-refractivity contribution in [2.24, 2.45) is 4.99 Å². The third-order valence-corrected chi connectivity index (χ3v) is 5.32. The minimum Gasteiger partial charge on any atom is -0.356 e. The summed E-state index contributed by atoms with van der Waals surface area (Å²) in [5.41, 5.74) is 3.91. The molecule has 3 rings (SSSR count). The van der Waals surface area contributed by atoms with Gasteiger partial charge in [0.05, 0.1) is 0 Å². The molecule has 0 bridgehead atoms. The van der Waals surface area contributed by atoms with Gasteiger partial charge in [0.1, 0.15) is 0 Å². The Morgan fingerprint density at radius 1 is 1.07 bits per heavy atom. The van der Waals surface area contributed by atoms with Crippen LogP contribution >= 0.6 is 0 Å². The van der Waals surface area contributed by atoms with E-state index in [0.29, 0.717) is 0 Å². The first-order chi connectivity index (χ1) is 14.2. The van der Waals surface area contributed by atoms with Crippen LogP contribution in [0.5, 0.6) is 0 Å². The Hall–Kier alpha value is -2.67. The highest BCUT2D eigenvalue weighted by Gasteiger charge is 2.18. The van der Waals surface area contributed by atoms with Gasteiger partial charge in [-0.25, -0.2) is 9.97 Å². The molecule has 1 aliphatic heterocycles. The lowest BCUT2D eigenvalue weighted by molar-refractivity contribution is 0.254. The van der Waals surface area contributed by atoms with E-state index in [0.717, 1.165) is 64.1 Å². The average Bonchev–Trinajstić information content (AvgIpc) is 2.75. The molecule has 7 heteroatoms. The smallest absolute Gasteiger partial charge is 0.225 e. The summed E-state index contributed by atoms with van der Waals surface area (Å²) in [5.74, 6) is 1.70. The maximum absolute atomic E-state index is 4.35. The van der Waals surface area contributed by atoms with E-state index in [1.165, 1.54) is 16.7 Å². The second kappa shape index (κ2) is 10.8. The summed E-state index contributed by atoms with van der Waals surface area (Å²) in [5, 5.41) is 6.84. The number of guanidine groups is 1. The van der Waals surface area contributed by atoms with Gasteiger partial charge >= 0.3 is 0 Å². The van der Waals surface area contributed by atoms with Crippen molar-refractivity contribution >= 4 is 11.9 Å². The number of piperazine rings is 1. The number of nitrogens with one attached hydrogen (secondary N) is 2. The van der Waals surface area contributed by atoms with Crippen LogP contribution in [0.25, 0.3) is 0 Å². The Bertz CT molecular complexity index is 783. The summed E-state index contributed by atoms with van der Waals surface area (Å²) in [4.78, 5) is 17.8. The Kier molecular flexibility index (Phi) is 7.81. The molecule has 0 aliphatic carbocycles. The minimum atomic E-state index is 0.787. The van der Waals surface area contributed by atoms with Crippen molar-refractivity contribution in [1.82, 2.24) is 25.5 Å². The minimum absolute atomic E-state index is 0.787. The first-order valence-electron chi connectivity index (χ1n) is 10.4. The van der Waals surface area contributed by atoms with Gasteiger partial charge in [0.15, 0.2) is 5.96 Å². The molecule has 1 saturated heterocycles. The van der Waals surface area contributed by atoms with E-state index in [1.54, 1.807) is 12.4 Å². The molecule has 1 aromatic carbocycles. The number of aliphatic imine (C=N–C) groups is 1. The molecule has 0 atom stereocenters. The molecule has 29 heavy (non-hydrogen) atoms. The number of hydrogen-bond donors (Lipinski definition) is 2. The maximum Gasteiger partial charge on any atom is 0.225 e. The molecule has 0 amide bonds. The zero-order valence-corrected chi connectivity index (χ0v) is 17.9. The Morgan fingerprint density at radius 2 is 1.83 bits per heavy atom. The van der Waals surface area contributed by atoms with Gasteiger partial charge in [-0.2, -0.15) is 0 Å². The van der Waals surface area contributed by atoms with Crippen LogP contribution in [-0.2, 0) is 6.54 Å². The van der Waals surface area contributed by atoms with E-state index in [9.17, 15) is 0 Å². The van der Waals surface area contributed by atoms with Crippen molar-refractivity contribution in [3.63, 3.8) is 0 Å². The fourth-order valence-electron chi connectivity index (χ4n) is 3.58. The van der Waals surface area contributed by atoms with Crippen LogP contribution in [0.2, 0.25) is 0 Å². The normalized spacial score (nSPS) is 15.4. The molecule has 156 valence electrons. The predicted molar refractivity (Wildman–Crippen MR) is 119 cm³/mol. The SMILES string of the molecule is CN=C(NCCCN1CCN(c2ncccn2)CC1)NCc1ccc(C)cc1C. The predicted octanol–water partition coefficient (Wildman–Crippen LogP) is 1.97. The molecule has 0 radical (unpaired) electrons. The Morgan fingerprint density at radius 3 is 2.52 bits per heavy atom. The van der Waals surface area contributed by atoms with Gasteiger partial charge in [-0.1, -0.05) is 23.8 Å². The van der Waals surface area contributed by atoms with Crippen LogP contribution in [0, 0.1) is 13.8 Å². The van der Waals surface area contributed by atoms with Gasteiger partial charge in [-0.3, -0.25) is 9.89 Å². The fraction of sp³-hybridized carbons (Fsp3) is 0.500. The van der Waals surface area contributed by atoms with Crippen molar-refractivity contribution in [3.05, 3.63) is 53.3 Å². The van der Waals surface area contributed by atoms with Gasteiger partial charge in [0.2, 0.25) is 5.95 Å². The first kappa shape index (κ1) is 21.0. The van der Waals surface area contributed by atoms with Gasteiger partial charge in [0.25, 0.3) is 0 Å². The third kappa shape index (κ3) is 6.42. The number of rotatable bonds is 7. The van der Waals surface area contributed by atoms with E-state index in [4.69, 9.17) is 0 Å². The van der Waals surface area contributed by atoms with Gasteiger partial charge in [0, 0.05) is 58.7 Å². The second-order valence-corrected chi connectivity index (χ2v) is 7.51. The zero-order valence-electron chi connectivity index (χ0n) is 17.9. The monoisotopic (exact) mass is 395 g/mol. The molecule has 1 aromatic heterocycles. The van der Waals surface area contributed by atoms with Gasteiger partial charge < -0.3 is 15.5 Å². The molecule has 1 aliphatic rings. The van der Waals surface area contributed by atoms with Crippen LogP contribution in [0.4, 0.5) is 5.95 Å². The molecule has 1 fully saturated rings. The standard InChI is InChI=1S/C22H33N7/c1-18-6-7-20(19(2)16-18)17-27-21(23-3)24-10-5-11-28-12-14-29(15-13-28)22-25-8-4-9-26-22/h4,6-9,16H,5,10-15,17H2,1-3H3,(H2,23,24,27). The average molecular weight is 396 g/mol. The van der Waals surface area contributed by atoms with Crippen LogP contribution in [0.3, 0.4) is 0 Å². The summed E-state index contributed by atoms with van der Waals surface area (Å²) < 4.78 is 0. The summed E-state index contributed by atoms with van der Waals surface area (Å²) in [6.07, 6.45) is 4.70.